The minimum absolute atomic E-state index is 0.712. The first-order chi connectivity index (χ1) is 8.78. The molecule has 0 unspecified atom stereocenters. The molecule has 0 radical (unpaired) electrons. The summed E-state index contributed by atoms with van der Waals surface area (Å²) in [5.74, 6) is 1.54. The van der Waals surface area contributed by atoms with Crippen molar-refractivity contribution in [2.75, 3.05) is 21.3 Å². The van der Waals surface area contributed by atoms with E-state index >= 15 is 0 Å². The summed E-state index contributed by atoms with van der Waals surface area (Å²) in [5.41, 5.74) is 0.900. The van der Waals surface area contributed by atoms with Crippen molar-refractivity contribution in [2.24, 2.45) is 0 Å². The number of ether oxygens (including phenoxy) is 2. The molecule has 0 aliphatic carbocycles. The molecule has 0 aliphatic rings. The summed E-state index contributed by atoms with van der Waals surface area (Å²) in [7, 11) is 5.16. The largest absolute Gasteiger partial charge is 0.497 e. The Bertz CT molecular complexity index is 528. The first-order valence-corrected chi connectivity index (χ1v) is 6.29. The van der Waals surface area contributed by atoms with E-state index in [0.29, 0.717) is 6.54 Å². The van der Waals surface area contributed by atoms with Crippen molar-refractivity contribution in [1.29, 1.82) is 0 Å². The van der Waals surface area contributed by atoms with Gasteiger partial charge in [-0.15, -0.1) is 10.2 Å². The molecule has 2 rings (SSSR count). The van der Waals surface area contributed by atoms with E-state index in [4.69, 9.17) is 9.47 Å². The van der Waals surface area contributed by atoms with Gasteiger partial charge in [0.05, 0.1) is 19.8 Å². The lowest BCUT2D eigenvalue weighted by atomic mass is 10.2. The van der Waals surface area contributed by atoms with E-state index in [1.165, 1.54) is 11.3 Å². The van der Waals surface area contributed by atoms with Crippen molar-refractivity contribution in [3.8, 4) is 22.1 Å². The Labute approximate surface area is 110 Å². The van der Waals surface area contributed by atoms with Crippen molar-refractivity contribution in [3.05, 3.63) is 23.2 Å². The Balaban J connectivity index is 2.40. The topological polar surface area (TPSA) is 56.3 Å². The summed E-state index contributed by atoms with van der Waals surface area (Å²) in [6.45, 7) is 0.712. The zero-order valence-corrected chi connectivity index (χ0v) is 11.4. The fourth-order valence-corrected chi connectivity index (χ4v) is 2.44. The van der Waals surface area contributed by atoms with Crippen molar-refractivity contribution in [1.82, 2.24) is 15.5 Å². The first-order valence-electron chi connectivity index (χ1n) is 5.48. The highest BCUT2D eigenvalue weighted by molar-refractivity contribution is 7.14. The van der Waals surface area contributed by atoms with Gasteiger partial charge in [-0.3, -0.25) is 0 Å². The highest BCUT2D eigenvalue weighted by atomic mass is 32.1. The van der Waals surface area contributed by atoms with Gasteiger partial charge in [-0.05, 0) is 25.2 Å². The second-order valence-electron chi connectivity index (χ2n) is 3.60. The van der Waals surface area contributed by atoms with E-state index in [9.17, 15) is 0 Å². The Morgan fingerprint density at radius 1 is 1.22 bits per heavy atom. The van der Waals surface area contributed by atoms with Crippen LogP contribution in [-0.4, -0.2) is 31.5 Å². The smallest absolute Gasteiger partial charge is 0.151 e. The van der Waals surface area contributed by atoms with Crippen LogP contribution >= 0.6 is 11.3 Å². The zero-order valence-electron chi connectivity index (χ0n) is 10.6. The monoisotopic (exact) mass is 265 g/mol. The minimum Gasteiger partial charge on any atom is -0.497 e. The Morgan fingerprint density at radius 3 is 2.72 bits per heavy atom. The molecule has 96 valence electrons. The van der Waals surface area contributed by atoms with Gasteiger partial charge in [-0.2, -0.15) is 0 Å². The highest BCUT2D eigenvalue weighted by Crippen LogP contribution is 2.34. The van der Waals surface area contributed by atoms with Crippen LogP contribution in [0.2, 0.25) is 0 Å². The van der Waals surface area contributed by atoms with E-state index in [2.05, 4.69) is 15.5 Å². The van der Waals surface area contributed by atoms with Gasteiger partial charge in [0.25, 0.3) is 0 Å². The second-order valence-corrected chi connectivity index (χ2v) is 4.66. The highest BCUT2D eigenvalue weighted by Gasteiger charge is 2.12. The van der Waals surface area contributed by atoms with Gasteiger partial charge < -0.3 is 14.8 Å². The van der Waals surface area contributed by atoms with Crippen molar-refractivity contribution < 1.29 is 9.47 Å². The number of benzene rings is 1. The maximum Gasteiger partial charge on any atom is 0.151 e. The Hall–Kier alpha value is -1.66. The van der Waals surface area contributed by atoms with Crippen molar-refractivity contribution >= 4 is 11.3 Å². The van der Waals surface area contributed by atoms with E-state index in [0.717, 1.165) is 27.1 Å². The fraction of sp³-hybridized carbons (Fsp3) is 0.333. The Morgan fingerprint density at radius 2 is 2.06 bits per heavy atom. The average Bonchev–Trinajstić information content (AvgIpc) is 2.87. The second kappa shape index (κ2) is 5.79. The lowest BCUT2D eigenvalue weighted by Gasteiger charge is -2.07. The molecule has 6 heteroatoms. The van der Waals surface area contributed by atoms with Gasteiger partial charge in [-0.25, -0.2) is 0 Å². The molecule has 18 heavy (non-hydrogen) atoms. The van der Waals surface area contributed by atoms with Crippen LogP contribution in [0.4, 0.5) is 0 Å². The Kier molecular flexibility index (Phi) is 4.11. The summed E-state index contributed by atoms with van der Waals surface area (Å²) in [4.78, 5) is 0. The van der Waals surface area contributed by atoms with Crippen molar-refractivity contribution in [2.45, 2.75) is 6.54 Å². The molecule has 0 atom stereocenters. The molecule has 0 bridgehead atoms. The number of methoxy groups -OCH3 is 2. The van der Waals surface area contributed by atoms with Gasteiger partial charge in [0.1, 0.15) is 16.5 Å². The van der Waals surface area contributed by atoms with Crippen LogP contribution in [-0.2, 0) is 6.54 Å². The molecule has 0 saturated carbocycles. The summed E-state index contributed by atoms with van der Waals surface area (Å²) >= 11 is 1.54. The number of rotatable bonds is 5. The molecule has 5 nitrogen and oxygen atoms in total. The first kappa shape index (κ1) is 12.8. The van der Waals surface area contributed by atoms with Crippen LogP contribution in [0.3, 0.4) is 0 Å². The molecule has 0 amide bonds. The van der Waals surface area contributed by atoms with E-state index in [-0.39, 0.29) is 0 Å². The molecule has 1 aromatic carbocycles. The zero-order chi connectivity index (χ0) is 13.0. The van der Waals surface area contributed by atoms with E-state index in [1.54, 1.807) is 14.2 Å². The van der Waals surface area contributed by atoms with Crippen LogP contribution in [0.5, 0.6) is 11.5 Å². The lowest BCUT2D eigenvalue weighted by molar-refractivity contribution is 0.404. The molecular formula is C12H15N3O2S. The predicted molar refractivity (Wildman–Crippen MR) is 71.2 cm³/mol. The molecule has 2 aromatic rings. The third-order valence-electron chi connectivity index (χ3n) is 2.43. The van der Waals surface area contributed by atoms with Gasteiger partial charge in [0.2, 0.25) is 0 Å². The van der Waals surface area contributed by atoms with Gasteiger partial charge in [0, 0.05) is 6.54 Å². The maximum absolute atomic E-state index is 5.34. The van der Waals surface area contributed by atoms with Crippen molar-refractivity contribution in [3.63, 3.8) is 0 Å². The molecule has 0 spiro atoms. The minimum atomic E-state index is 0.712. The number of aromatic nitrogens is 2. The number of nitrogens with zero attached hydrogens (tertiary/aromatic N) is 2. The summed E-state index contributed by atoms with van der Waals surface area (Å²) in [6, 6.07) is 5.63. The number of nitrogens with one attached hydrogen (secondary N) is 1. The van der Waals surface area contributed by atoms with Crippen LogP contribution in [0.15, 0.2) is 18.2 Å². The van der Waals surface area contributed by atoms with Gasteiger partial charge >= 0.3 is 0 Å². The number of hydrogen-bond acceptors (Lipinski definition) is 6. The molecular weight excluding hydrogens is 250 g/mol. The van der Waals surface area contributed by atoms with Gasteiger partial charge in [-0.1, -0.05) is 11.3 Å². The summed E-state index contributed by atoms with van der Waals surface area (Å²) in [5, 5.41) is 13.1. The van der Waals surface area contributed by atoms with Crippen LogP contribution in [0, 0.1) is 0 Å². The van der Waals surface area contributed by atoms with Gasteiger partial charge in [0.15, 0.2) is 5.01 Å². The quantitative estimate of drug-likeness (QED) is 0.895. The summed E-state index contributed by atoms with van der Waals surface area (Å²) in [6.07, 6.45) is 0. The fourth-order valence-electron chi connectivity index (χ4n) is 1.57. The maximum atomic E-state index is 5.34. The van der Waals surface area contributed by atoms with Crippen LogP contribution in [0.25, 0.3) is 10.6 Å². The SMILES string of the molecule is CNCc1nnc(-c2cc(OC)ccc2OC)s1. The van der Waals surface area contributed by atoms with E-state index in [1.807, 2.05) is 25.2 Å². The van der Waals surface area contributed by atoms with Crippen LogP contribution in [0.1, 0.15) is 5.01 Å². The predicted octanol–water partition coefficient (Wildman–Crippen LogP) is 1.94. The summed E-state index contributed by atoms with van der Waals surface area (Å²) < 4.78 is 10.6. The lowest BCUT2D eigenvalue weighted by Crippen LogP contribution is -2.04. The third-order valence-corrected chi connectivity index (χ3v) is 3.39. The molecule has 1 heterocycles. The van der Waals surface area contributed by atoms with E-state index < -0.39 is 0 Å². The number of hydrogen-bond donors (Lipinski definition) is 1. The molecule has 0 aliphatic heterocycles. The molecule has 0 saturated heterocycles. The normalized spacial score (nSPS) is 10.4. The molecule has 1 aromatic heterocycles. The molecule has 1 N–H and O–H groups in total. The standard InChI is InChI=1S/C12H15N3O2S/c1-13-7-11-14-15-12(18-11)9-6-8(16-2)4-5-10(9)17-3/h4-6,13H,7H2,1-3H3. The van der Waals surface area contributed by atoms with Crippen LogP contribution < -0.4 is 14.8 Å². The third kappa shape index (κ3) is 2.60. The average molecular weight is 265 g/mol. The molecule has 0 fully saturated rings.